The summed E-state index contributed by atoms with van der Waals surface area (Å²) in [5.74, 6) is 2.03. The lowest BCUT2D eigenvalue weighted by molar-refractivity contribution is 0.190. The molecule has 2 heterocycles. The largest absolute Gasteiger partial charge is 0.379 e. The van der Waals surface area contributed by atoms with Gasteiger partial charge < -0.3 is 10.5 Å². The maximum Gasteiger partial charge on any atom is 0.150 e. The first-order chi connectivity index (χ1) is 6.72. The third-order valence-electron chi connectivity index (χ3n) is 2.61. The Labute approximate surface area is 83.3 Å². The maximum atomic E-state index is 5.92. The van der Waals surface area contributed by atoms with Crippen LogP contribution in [0.1, 0.15) is 24.5 Å². The van der Waals surface area contributed by atoms with E-state index in [4.69, 9.17) is 10.5 Å². The minimum atomic E-state index is 0.0580. The van der Waals surface area contributed by atoms with Crippen LogP contribution in [0.25, 0.3) is 0 Å². The van der Waals surface area contributed by atoms with E-state index >= 15 is 0 Å². The SMILES string of the molecule is CCc1nc(C2COCC2N)n(C)n1. The minimum absolute atomic E-state index is 0.0580. The topological polar surface area (TPSA) is 66.0 Å². The van der Waals surface area contributed by atoms with Gasteiger partial charge in [0.15, 0.2) is 5.82 Å². The van der Waals surface area contributed by atoms with Crippen molar-refractivity contribution in [1.82, 2.24) is 14.8 Å². The third-order valence-corrected chi connectivity index (χ3v) is 2.61. The molecule has 2 N–H and O–H groups in total. The molecule has 2 atom stereocenters. The predicted octanol–water partition coefficient (Wildman–Crippen LogP) is -0.181. The molecule has 1 aliphatic rings. The van der Waals surface area contributed by atoms with E-state index in [1.807, 2.05) is 18.7 Å². The summed E-state index contributed by atoms with van der Waals surface area (Å²) in [6.07, 6.45) is 0.858. The molecule has 5 heteroatoms. The second-order valence-corrected chi connectivity index (χ2v) is 3.67. The lowest BCUT2D eigenvalue weighted by Crippen LogP contribution is -2.28. The van der Waals surface area contributed by atoms with Gasteiger partial charge in [0.25, 0.3) is 0 Å². The van der Waals surface area contributed by atoms with Crippen molar-refractivity contribution in [2.75, 3.05) is 13.2 Å². The zero-order valence-electron chi connectivity index (χ0n) is 8.60. The summed E-state index contributed by atoms with van der Waals surface area (Å²) in [6.45, 7) is 3.33. The Hall–Kier alpha value is -0.940. The fourth-order valence-corrected chi connectivity index (χ4v) is 1.76. The van der Waals surface area contributed by atoms with Crippen LogP contribution in [0.5, 0.6) is 0 Å². The Bertz CT molecular complexity index is 323. The zero-order chi connectivity index (χ0) is 10.1. The van der Waals surface area contributed by atoms with Gasteiger partial charge in [0.05, 0.1) is 19.1 Å². The number of hydrogen-bond acceptors (Lipinski definition) is 4. The molecule has 1 aromatic rings. The van der Waals surface area contributed by atoms with Crippen LogP contribution in [0.2, 0.25) is 0 Å². The molecule has 78 valence electrons. The molecular formula is C9H16N4O. The number of hydrogen-bond donors (Lipinski definition) is 1. The van der Waals surface area contributed by atoms with Gasteiger partial charge in [0, 0.05) is 19.5 Å². The van der Waals surface area contributed by atoms with Crippen molar-refractivity contribution in [3.63, 3.8) is 0 Å². The average molecular weight is 196 g/mol. The van der Waals surface area contributed by atoms with Gasteiger partial charge in [-0.25, -0.2) is 4.98 Å². The Morgan fingerprint density at radius 1 is 1.57 bits per heavy atom. The third kappa shape index (κ3) is 1.53. The second kappa shape index (κ2) is 3.67. The van der Waals surface area contributed by atoms with Gasteiger partial charge in [-0.3, -0.25) is 4.68 Å². The van der Waals surface area contributed by atoms with E-state index in [9.17, 15) is 0 Å². The Balaban J connectivity index is 2.26. The molecule has 1 aromatic heterocycles. The summed E-state index contributed by atoms with van der Waals surface area (Å²) >= 11 is 0. The highest BCUT2D eigenvalue weighted by atomic mass is 16.5. The molecular weight excluding hydrogens is 180 g/mol. The van der Waals surface area contributed by atoms with Gasteiger partial charge in [-0.05, 0) is 0 Å². The number of nitrogens with two attached hydrogens (primary N) is 1. The molecule has 2 rings (SSSR count). The Kier molecular flexibility index (Phi) is 2.52. The van der Waals surface area contributed by atoms with E-state index in [1.54, 1.807) is 0 Å². The monoisotopic (exact) mass is 196 g/mol. The van der Waals surface area contributed by atoms with Crippen molar-refractivity contribution in [1.29, 1.82) is 0 Å². The van der Waals surface area contributed by atoms with E-state index in [2.05, 4.69) is 10.1 Å². The standard InChI is InChI=1S/C9H16N4O/c1-3-8-11-9(13(2)12-8)6-4-14-5-7(6)10/h6-7H,3-5,10H2,1-2H3. The molecule has 0 amide bonds. The van der Waals surface area contributed by atoms with Crippen molar-refractivity contribution in [2.24, 2.45) is 12.8 Å². The van der Waals surface area contributed by atoms with Crippen molar-refractivity contribution in [2.45, 2.75) is 25.3 Å². The van der Waals surface area contributed by atoms with Crippen LogP contribution in [0.15, 0.2) is 0 Å². The quantitative estimate of drug-likeness (QED) is 0.712. The van der Waals surface area contributed by atoms with Crippen molar-refractivity contribution >= 4 is 0 Å². The summed E-state index contributed by atoms with van der Waals surface area (Å²) in [4.78, 5) is 4.45. The van der Waals surface area contributed by atoms with Crippen LogP contribution in [-0.4, -0.2) is 34.0 Å². The van der Waals surface area contributed by atoms with Crippen LogP contribution in [0.4, 0.5) is 0 Å². The predicted molar refractivity (Wildman–Crippen MR) is 51.9 cm³/mol. The van der Waals surface area contributed by atoms with E-state index < -0.39 is 0 Å². The van der Waals surface area contributed by atoms with Gasteiger partial charge in [0.2, 0.25) is 0 Å². The summed E-state index contributed by atoms with van der Waals surface area (Å²) in [6, 6.07) is 0.0580. The molecule has 1 fully saturated rings. The molecule has 0 aliphatic carbocycles. The van der Waals surface area contributed by atoms with E-state index in [-0.39, 0.29) is 12.0 Å². The van der Waals surface area contributed by atoms with Gasteiger partial charge in [-0.15, -0.1) is 0 Å². The van der Waals surface area contributed by atoms with Crippen LogP contribution in [0.3, 0.4) is 0 Å². The van der Waals surface area contributed by atoms with Gasteiger partial charge >= 0.3 is 0 Å². The van der Waals surface area contributed by atoms with Gasteiger partial charge in [0.1, 0.15) is 5.82 Å². The Morgan fingerprint density at radius 2 is 2.36 bits per heavy atom. The molecule has 0 bridgehead atoms. The fraction of sp³-hybridized carbons (Fsp3) is 0.778. The lowest BCUT2D eigenvalue weighted by Gasteiger charge is -2.10. The molecule has 0 radical (unpaired) electrons. The molecule has 14 heavy (non-hydrogen) atoms. The first-order valence-electron chi connectivity index (χ1n) is 4.95. The number of aryl methyl sites for hydroxylation is 2. The minimum Gasteiger partial charge on any atom is -0.379 e. The van der Waals surface area contributed by atoms with E-state index in [0.717, 1.165) is 18.1 Å². The van der Waals surface area contributed by atoms with E-state index in [0.29, 0.717) is 13.2 Å². The summed E-state index contributed by atoms with van der Waals surface area (Å²) in [7, 11) is 1.91. The van der Waals surface area contributed by atoms with Crippen molar-refractivity contribution in [3.8, 4) is 0 Å². The summed E-state index contributed by atoms with van der Waals surface area (Å²) in [5, 5.41) is 4.30. The maximum absolute atomic E-state index is 5.92. The lowest BCUT2D eigenvalue weighted by atomic mass is 10.0. The first-order valence-corrected chi connectivity index (χ1v) is 4.95. The smallest absolute Gasteiger partial charge is 0.150 e. The molecule has 1 saturated heterocycles. The van der Waals surface area contributed by atoms with Crippen LogP contribution >= 0.6 is 0 Å². The summed E-state index contributed by atoms with van der Waals surface area (Å²) < 4.78 is 7.13. The van der Waals surface area contributed by atoms with Crippen molar-refractivity contribution in [3.05, 3.63) is 11.6 Å². The van der Waals surface area contributed by atoms with E-state index in [1.165, 1.54) is 0 Å². The normalized spacial score (nSPS) is 27.1. The molecule has 0 aromatic carbocycles. The number of aromatic nitrogens is 3. The fourth-order valence-electron chi connectivity index (χ4n) is 1.76. The van der Waals surface area contributed by atoms with Gasteiger partial charge in [-0.2, -0.15) is 5.10 Å². The van der Waals surface area contributed by atoms with Crippen LogP contribution in [0, 0.1) is 0 Å². The first kappa shape index (κ1) is 9.61. The zero-order valence-corrected chi connectivity index (χ0v) is 8.60. The molecule has 2 unspecified atom stereocenters. The Morgan fingerprint density at radius 3 is 2.86 bits per heavy atom. The number of nitrogens with zero attached hydrogens (tertiary/aromatic N) is 3. The molecule has 0 saturated carbocycles. The summed E-state index contributed by atoms with van der Waals surface area (Å²) in [5.41, 5.74) is 5.92. The molecule has 0 spiro atoms. The van der Waals surface area contributed by atoms with Crippen molar-refractivity contribution < 1.29 is 4.74 Å². The molecule has 1 aliphatic heterocycles. The number of ether oxygens (including phenoxy) is 1. The van der Waals surface area contributed by atoms with Crippen LogP contribution in [-0.2, 0) is 18.2 Å². The highest BCUT2D eigenvalue weighted by Crippen LogP contribution is 2.22. The van der Waals surface area contributed by atoms with Crippen LogP contribution < -0.4 is 5.73 Å². The highest BCUT2D eigenvalue weighted by molar-refractivity contribution is 5.06. The highest BCUT2D eigenvalue weighted by Gasteiger charge is 2.30. The molecule has 5 nitrogen and oxygen atoms in total. The number of rotatable bonds is 2. The second-order valence-electron chi connectivity index (χ2n) is 3.67. The van der Waals surface area contributed by atoms with Gasteiger partial charge in [-0.1, -0.05) is 6.92 Å². The average Bonchev–Trinajstić information content (AvgIpc) is 2.72.